The van der Waals surface area contributed by atoms with Crippen molar-refractivity contribution < 1.29 is 0 Å². The molecule has 112 valence electrons. The molecular formula is C21H28. The lowest BCUT2D eigenvalue weighted by molar-refractivity contribution is 0.469. The summed E-state index contributed by atoms with van der Waals surface area (Å²) in [6, 6.07) is 10.4. The summed E-state index contributed by atoms with van der Waals surface area (Å²) in [5.41, 5.74) is 2.97. The molecule has 1 aliphatic rings. The fraction of sp³-hybridized carbons (Fsp3) is 0.333. The maximum Gasteiger partial charge on any atom is -0.00754 e. The molecule has 0 saturated heterocycles. The molecule has 1 unspecified atom stereocenters. The van der Waals surface area contributed by atoms with Gasteiger partial charge >= 0.3 is 0 Å². The highest BCUT2D eigenvalue weighted by Gasteiger charge is 1.95. The Hall–Kier alpha value is -1.82. The van der Waals surface area contributed by atoms with E-state index < -0.39 is 0 Å². The third kappa shape index (κ3) is 9.67. The van der Waals surface area contributed by atoms with Crippen molar-refractivity contribution in [3.63, 3.8) is 0 Å². The first kappa shape index (κ1) is 17.2. The number of hydrogen-bond acceptors (Lipinski definition) is 0. The summed E-state index contributed by atoms with van der Waals surface area (Å²) in [5, 5.41) is 0. The van der Waals surface area contributed by atoms with Crippen molar-refractivity contribution >= 4 is 6.08 Å². The smallest absolute Gasteiger partial charge is 0.00754 e. The molecule has 0 N–H and O–H groups in total. The number of allylic oxidation sites excluding steroid dienone is 7. The first-order valence-corrected chi connectivity index (χ1v) is 7.64. The summed E-state index contributed by atoms with van der Waals surface area (Å²) in [6.07, 6.45) is 15.1. The number of benzene rings is 1. The Balaban J connectivity index is 0.000000383. The first-order chi connectivity index (χ1) is 9.84. The van der Waals surface area contributed by atoms with Crippen LogP contribution >= 0.6 is 0 Å². The van der Waals surface area contributed by atoms with E-state index in [4.69, 9.17) is 0 Å². The molecule has 0 nitrogen and oxygen atoms in total. The second-order valence-electron chi connectivity index (χ2n) is 7.01. The minimum absolute atomic E-state index is 0.500. The van der Waals surface area contributed by atoms with E-state index in [0.29, 0.717) is 11.3 Å². The van der Waals surface area contributed by atoms with Gasteiger partial charge in [0.1, 0.15) is 0 Å². The van der Waals surface area contributed by atoms with Crippen LogP contribution in [0.1, 0.15) is 40.2 Å². The van der Waals surface area contributed by atoms with Crippen LogP contribution < -0.4 is 0 Å². The van der Waals surface area contributed by atoms with Gasteiger partial charge in [0.05, 0.1) is 0 Å². The van der Waals surface area contributed by atoms with Crippen LogP contribution in [0.4, 0.5) is 0 Å². The zero-order valence-electron chi connectivity index (χ0n) is 14.0. The van der Waals surface area contributed by atoms with Crippen LogP contribution in [0.25, 0.3) is 6.08 Å². The standard InChI is InChI=1S/C16H16.C5H12/c1-14-6-5-9-16(11-10-14)13-12-15-7-3-2-4-8-15;1-5(2,3)4/h2-14H,1H3;1-4H3/b13-12-;. The second-order valence-corrected chi connectivity index (χ2v) is 7.01. The third-order valence-electron chi connectivity index (χ3n) is 2.56. The quantitative estimate of drug-likeness (QED) is 0.584. The van der Waals surface area contributed by atoms with Crippen LogP contribution in [-0.4, -0.2) is 0 Å². The van der Waals surface area contributed by atoms with Gasteiger partial charge in [-0.2, -0.15) is 0 Å². The van der Waals surface area contributed by atoms with E-state index in [-0.39, 0.29) is 0 Å². The molecule has 0 fully saturated rings. The van der Waals surface area contributed by atoms with Crippen molar-refractivity contribution in [1.82, 2.24) is 0 Å². The van der Waals surface area contributed by atoms with Crippen LogP contribution in [0.2, 0.25) is 0 Å². The Kier molecular flexibility index (Phi) is 6.94. The lowest BCUT2D eigenvalue weighted by Gasteiger charge is -2.05. The fourth-order valence-electron chi connectivity index (χ4n) is 1.59. The maximum absolute atomic E-state index is 2.21. The third-order valence-corrected chi connectivity index (χ3v) is 2.56. The van der Waals surface area contributed by atoms with Gasteiger partial charge in [-0.05, 0) is 22.5 Å². The molecule has 1 atom stereocenters. The number of rotatable bonds is 2. The summed E-state index contributed by atoms with van der Waals surface area (Å²) in [6.45, 7) is 10.9. The minimum atomic E-state index is 0.500. The summed E-state index contributed by atoms with van der Waals surface area (Å²) in [4.78, 5) is 0. The average molecular weight is 280 g/mol. The minimum Gasteiger partial charge on any atom is -0.0779 e. The van der Waals surface area contributed by atoms with Gasteiger partial charge in [-0.15, -0.1) is 0 Å². The van der Waals surface area contributed by atoms with Gasteiger partial charge in [0.15, 0.2) is 0 Å². The van der Waals surface area contributed by atoms with Crippen LogP contribution in [-0.2, 0) is 0 Å². The summed E-state index contributed by atoms with van der Waals surface area (Å²) >= 11 is 0. The molecule has 0 saturated carbocycles. The Morgan fingerprint density at radius 3 is 2.14 bits per heavy atom. The van der Waals surface area contributed by atoms with Gasteiger partial charge in [0.2, 0.25) is 0 Å². The molecule has 21 heavy (non-hydrogen) atoms. The Morgan fingerprint density at radius 1 is 0.905 bits per heavy atom. The van der Waals surface area contributed by atoms with Crippen molar-refractivity contribution in [3.05, 3.63) is 77.9 Å². The van der Waals surface area contributed by atoms with Crippen molar-refractivity contribution in [1.29, 1.82) is 0 Å². The van der Waals surface area contributed by atoms with Crippen LogP contribution in [0.3, 0.4) is 0 Å². The molecule has 0 bridgehead atoms. The van der Waals surface area contributed by atoms with Crippen molar-refractivity contribution in [2.75, 3.05) is 0 Å². The molecule has 1 aromatic rings. The highest BCUT2D eigenvalue weighted by atomic mass is 14.0. The van der Waals surface area contributed by atoms with E-state index >= 15 is 0 Å². The maximum atomic E-state index is 2.21. The van der Waals surface area contributed by atoms with Crippen LogP contribution in [0, 0.1) is 11.3 Å². The zero-order valence-corrected chi connectivity index (χ0v) is 14.0. The monoisotopic (exact) mass is 280 g/mol. The van der Waals surface area contributed by atoms with E-state index in [0.717, 1.165) is 0 Å². The van der Waals surface area contributed by atoms with Gasteiger partial charge < -0.3 is 0 Å². The van der Waals surface area contributed by atoms with E-state index in [1.165, 1.54) is 11.1 Å². The van der Waals surface area contributed by atoms with E-state index in [9.17, 15) is 0 Å². The van der Waals surface area contributed by atoms with Gasteiger partial charge in [-0.3, -0.25) is 0 Å². The van der Waals surface area contributed by atoms with E-state index in [1.807, 2.05) is 6.07 Å². The molecule has 0 heteroatoms. The average Bonchev–Trinajstić information content (AvgIpc) is 2.60. The summed E-state index contributed by atoms with van der Waals surface area (Å²) in [5.74, 6) is 0.527. The van der Waals surface area contributed by atoms with E-state index in [2.05, 4.69) is 101 Å². The zero-order chi connectivity index (χ0) is 15.7. The molecule has 2 rings (SSSR count). The molecule has 1 aromatic carbocycles. The Labute approximate surface area is 130 Å². The molecule has 0 amide bonds. The summed E-state index contributed by atoms with van der Waals surface area (Å²) in [7, 11) is 0. The van der Waals surface area contributed by atoms with Gasteiger partial charge in [-0.1, -0.05) is 107 Å². The Bertz CT molecular complexity index is 513. The van der Waals surface area contributed by atoms with Gasteiger partial charge in [0.25, 0.3) is 0 Å². The molecule has 1 aliphatic carbocycles. The van der Waals surface area contributed by atoms with Gasteiger partial charge in [0, 0.05) is 0 Å². The van der Waals surface area contributed by atoms with Crippen LogP contribution in [0.15, 0.2) is 72.4 Å². The molecule has 0 aromatic heterocycles. The highest BCUT2D eigenvalue weighted by Crippen LogP contribution is 2.12. The molecule has 0 heterocycles. The lowest BCUT2D eigenvalue weighted by atomic mass is 10.0. The SMILES string of the molecule is CC(C)(C)C.CC1C=CC=C(/C=C\c2ccccc2)C=C1. The van der Waals surface area contributed by atoms with Gasteiger partial charge in [-0.25, -0.2) is 0 Å². The molecule has 0 radical (unpaired) electrons. The highest BCUT2D eigenvalue weighted by molar-refractivity contribution is 5.55. The lowest BCUT2D eigenvalue weighted by Crippen LogP contribution is -1.93. The second kappa shape index (κ2) is 8.46. The predicted molar refractivity (Wildman–Crippen MR) is 96.1 cm³/mol. The predicted octanol–water partition coefficient (Wildman–Crippen LogP) is 6.44. The largest absolute Gasteiger partial charge is 0.0779 e. The fourth-order valence-corrected chi connectivity index (χ4v) is 1.59. The number of hydrogen-bond donors (Lipinski definition) is 0. The van der Waals surface area contributed by atoms with Crippen molar-refractivity contribution in [3.8, 4) is 0 Å². The topological polar surface area (TPSA) is 0 Å². The van der Waals surface area contributed by atoms with Crippen molar-refractivity contribution in [2.45, 2.75) is 34.6 Å². The molecule has 0 spiro atoms. The van der Waals surface area contributed by atoms with Crippen molar-refractivity contribution in [2.24, 2.45) is 11.3 Å². The Morgan fingerprint density at radius 2 is 1.52 bits per heavy atom. The molecular weight excluding hydrogens is 252 g/mol. The van der Waals surface area contributed by atoms with Crippen LogP contribution in [0.5, 0.6) is 0 Å². The normalized spacial score (nSPS) is 18.0. The summed E-state index contributed by atoms with van der Waals surface area (Å²) < 4.78 is 0. The van der Waals surface area contributed by atoms with E-state index in [1.54, 1.807) is 0 Å². The molecule has 0 aliphatic heterocycles. The first-order valence-electron chi connectivity index (χ1n) is 7.64.